The van der Waals surface area contributed by atoms with Gasteiger partial charge in [-0.05, 0) is 55.4 Å². The molecule has 0 unspecified atom stereocenters. The fourth-order valence-electron chi connectivity index (χ4n) is 3.83. The van der Waals surface area contributed by atoms with Gasteiger partial charge in [0.15, 0.2) is 0 Å². The Labute approximate surface area is 168 Å². The molecule has 8 heteroatoms. The number of carbonyl (C=O) groups excluding carboxylic acids is 2. The molecule has 5 rings (SSSR count). The number of aromatic nitrogens is 2. The molecule has 1 aromatic carbocycles. The third-order valence-corrected chi connectivity index (χ3v) is 5.94. The topological polar surface area (TPSA) is 93.7 Å². The van der Waals surface area contributed by atoms with Crippen molar-refractivity contribution in [2.75, 3.05) is 4.90 Å². The summed E-state index contributed by atoms with van der Waals surface area (Å²) >= 11 is 0. The molecule has 2 aromatic rings. The second kappa shape index (κ2) is 6.52. The maximum Gasteiger partial charge on any atom is 0.329 e. The average molecular weight is 394 g/mol. The van der Waals surface area contributed by atoms with Gasteiger partial charge in [-0.15, -0.1) is 0 Å². The van der Waals surface area contributed by atoms with Gasteiger partial charge in [-0.25, -0.2) is 19.7 Å². The lowest BCUT2D eigenvalue weighted by molar-refractivity contribution is -0.121. The largest absolute Gasteiger partial charge is 0.424 e. The van der Waals surface area contributed by atoms with E-state index < -0.39 is 11.6 Å². The predicted octanol–water partition coefficient (Wildman–Crippen LogP) is 3.48. The Morgan fingerprint density at radius 2 is 2.03 bits per heavy atom. The summed E-state index contributed by atoms with van der Waals surface area (Å²) in [4.78, 5) is 34.3. The highest BCUT2D eigenvalue weighted by atomic mass is 16.5. The molecule has 1 N–H and O–H groups in total. The van der Waals surface area contributed by atoms with Crippen molar-refractivity contribution in [1.82, 2.24) is 15.3 Å². The van der Waals surface area contributed by atoms with Crippen molar-refractivity contribution >= 4 is 17.6 Å². The molecule has 2 aliphatic heterocycles. The lowest BCUT2D eigenvalue weighted by Crippen LogP contribution is -2.43. The van der Waals surface area contributed by atoms with E-state index in [1.54, 1.807) is 6.92 Å². The molecule has 29 heavy (non-hydrogen) atoms. The van der Waals surface area contributed by atoms with Crippen molar-refractivity contribution in [3.63, 3.8) is 0 Å². The van der Waals surface area contributed by atoms with Gasteiger partial charge in [0.05, 0.1) is 30.8 Å². The zero-order valence-electron chi connectivity index (χ0n) is 16.3. The van der Waals surface area contributed by atoms with Gasteiger partial charge in [0.2, 0.25) is 0 Å². The second-order valence-electron chi connectivity index (χ2n) is 8.01. The maximum absolute atomic E-state index is 12.6. The van der Waals surface area contributed by atoms with Gasteiger partial charge >= 0.3 is 12.0 Å². The number of benzene rings is 1. The smallest absolute Gasteiger partial charge is 0.329 e. The lowest BCUT2D eigenvalue weighted by atomic mass is 9.99. The molecule has 150 valence electrons. The molecule has 1 saturated heterocycles. The number of nitrogens with zero attached hydrogens (tertiary/aromatic N) is 3. The molecule has 8 nitrogen and oxygen atoms in total. The first-order chi connectivity index (χ1) is 14.0. The van der Waals surface area contributed by atoms with Crippen LogP contribution in [0.25, 0.3) is 0 Å². The molecule has 2 atom stereocenters. The highest BCUT2D eigenvalue weighted by molar-refractivity contribution is 6.23. The van der Waals surface area contributed by atoms with Crippen molar-refractivity contribution in [2.24, 2.45) is 5.92 Å². The normalized spacial score (nSPS) is 25.9. The van der Waals surface area contributed by atoms with E-state index in [0.717, 1.165) is 4.90 Å². The molecule has 0 bridgehead atoms. The van der Waals surface area contributed by atoms with E-state index in [0.29, 0.717) is 30.4 Å². The molecule has 1 aliphatic carbocycles. The molecule has 3 heterocycles. The van der Waals surface area contributed by atoms with Crippen LogP contribution in [0.5, 0.6) is 11.8 Å². The van der Waals surface area contributed by atoms with Gasteiger partial charge in [-0.3, -0.25) is 4.79 Å². The van der Waals surface area contributed by atoms with Crippen LogP contribution in [0.2, 0.25) is 0 Å². The van der Waals surface area contributed by atoms with Crippen LogP contribution in [0.1, 0.15) is 50.3 Å². The highest BCUT2D eigenvalue weighted by Gasteiger charge is 2.47. The van der Waals surface area contributed by atoms with Crippen LogP contribution in [0.15, 0.2) is 30.6 Å². The minimum absolute atomic E-state index is 0.154. The molecule has 3 amide bonds. The van der Waals surface area contributed by atoms with Crippen molar-refractivity contribution < 1.29 is 19.1 Å². The molecular weight excluding hydrogens is 372 g/mol. The summed E-state index contributed by atoms with van der Waals surface area (Å²) in [6.45, 7) is 4.20. The van der Waals surface area contributed by atoms with Gasteiger partial charge in [-0.2, -0.15) is 0 Å². The minimum Gasteiger partial charge on any atom is -0.424 e. The van der Waals surface area contributed by atoms with Crippen LogP contribution in [-0.2, 0) is 16.1 Å². The number of hydrogen-bond acceptors (Lipinski definition) is 6. The maximum atomic E-state index is 12.6. The van der Waals surface area contributed by atoms with Crippen LogP contribution < -0.4 is 15.0 Å². The number of imide groups is 1. The Balaban J connectivity index is 1.34. The SMILES string of the molecule is CC[C@@]1(C)NC(=O)N(c2cnc(Oc3ccc4c(c3)[C@@H](C3CC3)OC4)nc2)C1=O. The van der Waals surface area contributed by atoms with E-state index in [2.05, 4.69) is 15.3 Å². The number of urea groups is 1. The third kappa shape index (κ3) is 3.04. The summed E-state index contributed by atoms with van der Waals surface area (Å²) < 4.78 is 11.7. The fourth-order valence-corrected chi connectivity index (χ4v) is 3.83. The van der Waals surface area contributed by atoms with E-state index in [1.165, 1.54) is 36.4 Å². The molecule has 3 aliphatic rings. The fraction of sp³-hybridized carbons (Fsp3) is 0.429. The summed E-state index contributed by atoms with van der Waals surface area (Å²) in [5.41, 5.74) is 1.78. The van der Waals surface area contributed by atoms with Crippen LogP contribution in [-0.4, -0.2) is 27.4 Å². The van der Waals surface area contributed by atoms with E-state index in [4.69, 9.17) is 9.47 Å². The first-order valence-corrected chi connectivity index (χ1v) is 9.89. The summed E-state index contributed by atoms with van der Waals surface area (Å²) in [6, 6.07) is 5.56. The summed E-state index contributed by atoms with van der Waals surface area (Å²) in [6.07, 6.45) is 5.92. The molecule has 0 spiro atoms. The van der Waals surface area contributed by atoms with Crippen molar-refractivity contribution in [2.45, 2.75) is 51.4 Å². The molecule has 0 radical (unpaired) electrons. The number of hydrogen-bond donors (Lipinski definition) is 1. The van der Waals surface area contributed by atoms with E-state index >= 15 is 0 Å². The van der Waals surface area contributed by atoms with Crippen molar-refractivity contribution in [3.8, 4) is 11.8 Å². The molecule has 1 saturated carbocycles. The molecule has 1 aromatic heterocycles. The number of anilines is 1. The van der Waals surface area contributed by atoms with Crippen LogP contribution in [0.4, 0.5) is 10.5 Å². The number of fused-ring (bicyclic) bond motifs is 1. The Morgan fingerprint density at radius 3 is 2.69 bits per heavy atom. The number of amides is 3. The summed E-state index contributed by atoms with van der Waals surface area (Å²) in [5.74, 6) is 0.938. The Bertz CT molecular complexity index is 989. The van der Waals surface area contributed by atoms with Crippen molar-refractivity contribution in [3.05, 3.63) is 41.7 Å². The van der Waals surface area contributed by atoms with E-state index in [1.807, 2.05) is 25.1 Å². The average Bonchev–Trinajstić information content (AvgIpc) is 3.43. The lowest BCUT2D eigenvalue weighted by Gasteiger charge is -2.19. The Kier molecular flexibility index (Phi) is 4.06. The Morgan fingerprint density at radius 1 is 1.28 bits per heavy atom. The second-order valence-corrected chi connectivity index (χ2v) is 8.01. The number of carbonyl (C=O) groups is 2. The zero-order chi connectivity index (χ0) is 20.2. The van der Waals surface area contributed by atoms with Gasteiger partial charge in [0.25, 0.3) is 5.91 Å². The summed E-state index contributed by atoms with van der Waals surface area (Å²) in [7, 11) is 0. The number of ether oxygens (including phenoxy) is 2. The van der Waals surface area contributed by atoms with Gasteiger partial charge in [0, 0.05) is 0 Å². The minimum atomic E-state index is -0.906. The van der Waals surface area contributed by atoms with Gasteiger partial charge in [-0.1, -0.05) is 13.0 Å². The first-order valence-electron chi connectivity index (χ1n) is 9.89. The highest BCUT2D eigenvalue weighted by Crippen LogP contribution is 2.48. The van der Waals surface area contributed by atoms with Gasteiger partial charge in [0.1, 0.15) is 11.3 Å². The van der Waals surface area contributed by atoms with E-state index in [9.17, 15) is 9.59 Å². The number of rotatable bonds is 5. The van der Waals surface area contributed by atoms with Crippen molar-refractivity contribution in [1.29, 1.82) is 0 Å². The number of nitrogens with one attached hydrogen (secondary N) is 1. The van der Waals surface area contributed by atoms with E-state index in [-0.39, 0.29) is 18.0 Å². The molecule has 2 fully saturated rings. The summed E-state index contributed by atoms with van der Waals surface area (Å²) in [5, 5.41) is 2.71. The standard InChI is InChI=1S/C21H22N4O4/c1-3-21(2)18(26)25(20(27)24-21)14-9-22-19(23-10-14)29-15-7-6-13-11-28-17(12-4-5-12)16(13)8-15/h6-10,12,17H,3-5,11H2,1-2H3,(H,24,27)/t17-,21-/m1/s1. The monoisotopic (exact) mass is 394 g/mol. The van der Waals surface area contributed by atoms with Crippen LogP contribution >= 0.6 is 0 Å². The zero-order valence-corrected chi connectivity index (χ0v) is 16.3. The van der Waals surface area contributed by atoms with Crippen LogP contribution in [0, 0.1) is 5.92 Å². The first kappa shape index (κ1) is 18.1. The quantitative estimate of drug-likeness (QED) is 0.781. The predicted molar refractivity (Wildman–Crippen MR) is 104 cm³/mol. The van der Waals surface area contributed by atoms with Crippen LogP contribution in [0.3, 0.4) is 0 Å². The Hall–Kier alpha value is -3.00. The third-order valence-electron chi connectivity index (χ3n) is 5.94. The van der Waals surface area contributed by atoms with Gasteiger partial charge < -0.3 is 14.8 Å². The molecular formula is C21H22N4O4.